The first-order valence-corrected chi connectivity index (χ1v) is 7.35. The molecule has 0 aliphatic carbocycles. The third-order valence-corrected chi connectivity index (χ3v) is 3.49. The van der Waals surface area contributed by atoms with E-state index >= 15 is 0 Å². The van der Waals surface area contributed by atoms with Crippen molar-refractivity contribution in [3.63, 3.8) is 0 Å². The Morgan fingerprint density at radius 2 is 2.09 bits per heavy atom. The molecule has 2 aromatic heterocycles. The number of amides is 1. The van der Waals surface area contributed by atoms with E-state index < -0.39 is 0 Å². The monoisotopic (exact) mass is 312 g/mol. The van der Waals surface area contributed by atoms with E-state index in [1.54, 1.807) is 36.1 Å². The molecule has 0 fully saturated rings. The molecule has 0 radical (unpaired) electrons. The van der Waals surface area contributed by atoms with Crippen molar-refractivity contribution in [1.82, 2.24) is 20.1 Å². The number of hydrogen-bond acceptors (Lipinski definition) is 3. The number of halogens is 1. The van der Waals surface area contributed by atoms with Crippen molar-refractivity contribution < 1.29 is 9.18 Å². The molecule has 1 aromatic carbocycles. The van der Waals surface area contributed by atoms with Crippen molar-refractivity contribution in [3.05, 3.63) is 47.9 Å². The Bertz CT molecular complexity index is 885. The lowest BCUT2D eigenvalue weighted by Crippen LogP contribution is -2.30. The number of aryl methyl sites for hydroxylation is 1. The Hall–Kier alpha value is -2.76. The zero-order chi connectivity index (χ0) is 16.6. The fourth-order valence-corrected chi connectivity index (χ4v) is 2.44. The van der Waals surface area contributed by atoms with Gasteiger partial charge in [-0.1, -0.05) is 12.1 Å². The van der Waals surface area contributed by atoms with E-state index in [-0.39, 0.29) is 17.8 Å². The number of aromatic nitrogens is 3. The number of nitrogens with zero attached hydrogens (tertiary/aromatic N) is 3. The number of pyridine rings is 1. The molecule has 0 atom stereocenters. The van der Waals surface area contributed by atoms with Gasteiger partial charge in [0.05, 0.1) is 22.8 Å². The van der Waals surface area contributed by atoms with Gasteiger partial charge in [-0.2, -0.15) is 5.10 Å². The van der Waals surface area contributed by atoms with Gasteiger partial charge >= 0.3 is 0 Å². The fraction of sp³-hybridized carbons (Fsp3) is 0.235. The van der Waals surface area contributed by atoms with E-state index in [2.05, 4.69) is 15.4 Å². The van der Waals surface area contributed by atoms with Crippen LogP contribution in [0.25, 0.3) is 22.3 Å². The summed E-state index contributed by atoms with van der Waals surface area (Å²) in [6.45, 7) is 3.79. The Morgan fingerprint density at radius 1 is 1.30 bits per heavy atom. The highest BCUT2D eigenvalue weighted by Crippen LogP contribution is 2.25. The number of hydrogen-bond donors (Lipinski definition) is 1. The zero-order valence-electron chi connectivity index (χ0n) is 13.2. The van der Waals surface area contributed by atoms with Gasteiger partial charge in [0.25, 0.3) is 5.91 Å². The summed E-state index contributed by atoms with van der Waals surface area (Å²) >= 11 is 0. The summed E-state index contributed by atoms with van der Waals surface area (Å²) in [5.74, 6) is -0.541. The molecule has 0 unspecified atom stereocenters. The van der Waals surface area contributed by atoms with Crippen LogP contribution in [0.3, 0.4) is 0 Å². The summed E-state index contributed by atoms with van der Waals surface area (Å²) in [7, 11) is 1.76. The van der Waals surface area contributed by atoms with Crippen molar-refractivity contribution in [2.75, 3.05) is 0 Å². The van der Waals surface area contributed by atoms with Crippen molar-refractivity contribution >= 4 is 16.9 Å². The molecule has 0 saturated heterocycles. The average molecular weight is 312 g/mol. The van der Waals surface area contributed by atoms with Crippen LogP contribution in [0.15, 0.2) is 36.5 Å². The third-order valence-electron chi connectivity index (χ3n) is 3.49. The average Bonchev–Trinajstić information content (AvgIpc) is 2.87. The molecule has 118 valence electrons. The van der Waals surface area contributed by atoms with E-state index in [0.717, 1.165) is 0 Å². The first-order chi connectivity index (χ1) is 11.0. The molecule has 0 aliphatic rings. The maximum Gasteiger partial charge on any atom is 0.252 e. The normalized spacial score (nSPS) is 11.2. The van der Waals surface area contributed by atoms with Crippen molar-refractivity contribution in [2.24, 2.45) is 7.05 Å². The van der Waals surface area contributed by atoms with E-state index in [1.807, 2.05) is 13.8 Å². The molecule has 1 N–H and O–H groups in total. The van der Waals surface area contributed by atoms with Crippen LogP contribution >= 0.6 is 0 Å². The summed E-state index contributed by atoms with van der Waals surface area (Å²) in [6.07, 6.45) is 1.62. The molecular weight excluding hydrogens is 295 g/mol. The van der Waals surface area contributed by atoms with Crippen LogP contribution in [0.4, 0.5) is 4.39 Å². The quantitative estimate of drug-likeness (QED) is 0.809. The van der Waals surface area contributed by atoms with Crippen molar-refractivity contribution in [3.8, 4) is 11.3 Å². The van der Waals surface area contributed by atoms with Crippen molar-refractivity contribution in [2.45, 2.75) is 19.9 Å². The maximum absolute atomic E-state index is 13.5. The molecule has 0 spiro atoms. The molecule has 1 amide bonds. The molecule has 5 nitrogen and oxygen atoms in total. The summed E-state index contributed by atoms with van der Waals surface area (Å²) in [4.78, 5) is 17.0. The molecule has 3 rings (SSSR count). The highest BCUT2D eigenvalue weighted by molar-refractivity contribution is 6.06. The molecule has 0 bridgehead atoms. The van der Waals surface area contributed by atoms with Crippen LogP contribution in [0, 0.1) is 5.82 Å². The molecule has 0 aliphatic heterocycles. The zero-order valence-corrected chi connectivity index (χ0v) is 13.2. The minimum Gasteiger partial charge on any atom is -0.350 e. The van der Waals surface area contributed by atoms with Crippen LogP contribution in [-0.4, -0.2) is 26.7 Å². The highest BCUT2D eigenvalue weighted by atomic mass is 19.1. The van der Waals surface area contributed by atoms with E-state index in [1.165, 1.54) is 12.1 Å². The lowest BCUT2D eigenvalue weighted by molar-refractivity contribution is 0.0945. The number of carbonyl (C=O) groups is 1. The summed E-state index contributed by atoms with van der Waals surface area (Å²) in [6, 6.07) is 7.84. The van der Waals surface area contributed by atoms with Gasteiger partial charge < -0.3 is 5.32 Å². The molecule has 23 heavy (non-hydrogen) atoms. The summed E-state index contributed by atoms with van der Waals surface area (Å²) in [5, 5.41) is 7.72. The molecule has 3 aromatic rings. The van der Waals surface area contributed by atoms with Crippen LogP contribution in [0.5, 0.6) is 0 Å². The minimum atomic E-state index is -0.345. The number of fused-ring (bicyclic) bond motifs is 1. The van der Waals surface area contributed by atoms with Gasteiger partial charge in [-0.15, -0.1) is 0 Å². The van der Waals surface area contributed by atoms with Crippen LogP contribution in [0.2, 0.25) is 0 Å². The van der Waals surface area contributed by atoms with E-state index in [4.69, 9.17) is 0 Å². The van der Waals surface area contributed by atoms with E-state index in [9.17, 15) is 9.18 Å². The van der Waals surface area contributed by atoms with Crippen LogP contribution in [0.1, 0.15) is 24.2 Å². The van der Waals surface area contributed by atoms with Gasteiger partial charge in [-0.25, -0.2) is 9.37 Å². The minimum absolute atomic E-state index is 0.0139. The number of rotatable bonds is 3. The second-order valence-corrected chi connectivity index (χ2v) is 5.70. The summed E-state index contributed by atoms with van der Waals surface area (Å²) in [5.41, 5.74) is 2.22. The molecular formula is C17H17FN4O. The first kappa shape index (κ1) is 15.1. The Balaban J connectivity index is 2.20. The smallest absolute Gasteiger partial charge is 0.252 e. The summed E-state index contributed by atoms with van der Waals surface area (Å²) < 4.78 is 15.1. The standard InChI is InChI=1S/C17H17FN4O/c1-10(2)20-17(23)13-8-15(11-5-4-6-12(18)7-11)21-16-14(13)9-19-22(16)3/h4-10H,1-3H3,(H,20,23). The number of carbonyl (C=O) groups excluding carboxylic acids is 1. The van der Waals surface area contributed by atoms with Gasteiger partial charge in [-0.05, 0) is 32.0 Å². The Kier molecular flexibility index (Phi) is 3.82. The largest absolute Gasteiger partial charge is 0.350 e. The number of benzene rings is 1. The Labute approximate surface area is 133 Å². The van der Waals surface area contributed by atoms with Crippen LogP contribution < -0.4 is 5.32 Å². The SMILES string of the molecule is CC(C)NC(=O)c1cc(-c2cccc(F)c2)nc2c1cnn2C. The second kappa shape index (κ2) is 5.79. The second-order valence-electron chi connectivity index (χ2n) is 5.70. The van der Waals surface area contributed by atoms with Gasteiger partial charge in [0.1, 0.15) is 5.82 Å². The lowest BCUT2D eigenvalue weighted by Gasteiger charge is -2.11. The van der Waals surface area contributed by atoms with E-state index in [0.29, 0.717) is 27.9 Å². The Morgan fingerprint density at radius 3 is 2.78 bits per heavy atom. The van der Waals surface area contributed by atoms with Gasteiger partial charge in [0, 0.05) is 18.7 Å². The van der Waals surface area contributed by atoms with Gasteiger partial charge in [-0.3, -0.25) is 9.48 Å². The molecule has 0 saturated carbocycles. The van der Waals surface area contributed by atoms with Crippen molar-refractivity contribution in [1.29, 1.82) is 0 Å². The maximum atomic E-state index is 13.5. The van der Waals surface area contributed by atoms with Gasteiger partial charge in [0.15, 0.2) is 5.65 Å². The van der Waals surface area contributed by atoms with Crippen LogP contribution in [-0.2, 0) is 7.05 Å². The topological polar surface area (TPSA) is 59.8 Å². The molecule has 2 heterocycles. The van der Waals surface area contributed by atoms with Gasteiger partial charge in [0.2, 0.25) is 0 Å². The highest BCUT2D eigenvalue weighted by Gasteiger charge is 2.17. The fourth-order valence-electron chi connectivity index (χ4n) is 2.44. The predicted molar refractivity (Wildman–Crippen MR) is 86.5 cm³/mol. The number of nitrogens with one attached hydrogen (secondary N) is 1. The third kappa shape index (κ3) is 2.92. The predicted octanol–water partition coefficient (Wildman–Crippen LogP) is 2.91. The molecule has 6 heteroatoms. The first-order valence-electron chi connectivity index (χ1n) is 7.35. The lowest BCUT2D eigenvalue weighted by atomic mass is 10.1.